The predicted octanol–water partition coefficient (Wildman–Crippen LogP) is 0.422. The molecule has 1 aromatic carbocycles. The van der Waals surface area contributed by atoms with Gasteiger partial charge in [0.2, 0.25) is 0 Å². The first-order chi connectivity index (χ1) is 8.11. The lowest BCUT2D eigenvalue weighted by Gasteiger charge is -2.22. The lowest BCUT2D eigenvalue weighted by Crippen LogP contribution is -2.32. The molecule has 2 unspecified atom stereocenters. The van der Waals surface area contributed by atoms with Crippen LogP contribution in [0.1, 0.15) is 24.1 Å². The van der Waals surface area contributed by atoms with Crippen LogP contribution in [0.2, 0.25) is 0 Å². The van der Waals surface area contributed by atoms with E-state index in [-0.39, 0.29) is 12.6 Å². The number of fused-ring (bicyclic) bond motifs is 1. The summed E-state index contributed by atoms with van der Waals surface area (Å²) in [5.41, 5.74) is 9.44. The molecule has 0 saturated heterocycles. The minimum absolute atomic E-state index is 0.0531. The first-order valence-corrected chi connectivity index (χ1v) is 6.04. The van der Waals surface area contributed by atoms with Crippen LogP contribution in [0.25, 0.3) is 0 Å². The Bertz CT molecular complexity index is 393. The summed E-state index contributed by atoms with van der Waals surface area (Å²) in [5, 5.41) is 18.3. The lowest BCUT2D eigenvalue weighted by molar-refractivity contribution is 0.100. The van der Waals surface area contributed by atoms with E-state index in [2.05, 4.69) is 17.0 Å². The average molecular weight is 236 g/mol. The van der Waals surface area contributed by atoms with Gasteiger partial charge in [-0.15, -0.1) is 0 Å². The number of hydrogen-bond donors (Lipinski definition) is 3. The third-order valence-corrected chi connectivity index (χ3v) is 3.26. The van der Waals surface area contributed by atoms with Crippen LogP contribution in [0, 0.1) is 0 Å². The highest BCUT2D eigenvalue weighted by atomic mass is 16.3. The summed E-state index contributed by atoms with van der Waals surface area (Å²) in [4.78, 5) is 2.11. The number of benzene rings is 1. The summed E-state index contributed by atoms with van der Waals surface area (Å²) in [6, 6.07) is 6.29. The van der Waals surface area contributed by atoms with Crippen molar-refractivity contribution in [1.82, 2.24) is 0 Å². The van der Waals surface area contributed by atoms with Gasteiger partial charge in [0.25, 0.3) is 0 Å². The minimum atomic E-state index is -0.672. The van der Waals surface area contributed by atoms with Gasteiger partial charge in [0.1, 0.15) is 0 Å². The number of rotatable bonds is 4. The Balaban J connectivity index is 2.16. The van der Waals surface area contributed by atoms with Crippen molar-refractivity contribution in [1.29, 1.82) is 0 Å². The molecule has 0 amide bonds. The molecular weight excluding hydrogens is 216 g/mol. The van der Waals surface area contributed by atoms with Gasteiger partial charge in [-0.1, -0.05) is 12.1 Å². The third kappa shape index (κ3) is 2.60. The van der Waals surface area contributed by atoms with Crippen molar-refractivity contribution in [3.05, 3.63) is 29.3 Å². The second-order valence-electron chi connectivity index (χ2n) is 4.71. The largest absolute Gasteiger partial charge is 0.394 e. The van der Waals surface area contributed by atoms with E-state index in [1.54, 1.807) is 0 Å². The van der Waals surface area contributed by atoms with Crippen LogP contribution in [0.15, 0.2) is 18.2 Å². The summed E-state index contributed by atoms with van der Waals surface area (Å²) < 4.78 is 0. The highest BCUT2D eigenvalue weighted by molar-refractivity contribution is 5.59. The Morgan fingerprint density at radius 1 is 1.47 bits per heavy atom. The molecule has 1 heterocycles. The van der Waals surface area contributed by atoms with Crippen molar-refractivity contribution in [2.24, 2.45) is 5.73 Å². The molecule has 17 heavy (non-hydrogen) atoms. The van der Waals surface area contributed by atoms with Gasteiger partial charge in [0.05, 0.1) is 12.7 Å². The van der Waals surface area contributed by atoms with Crippen LogP contribution < -0.4 is 10.6 Å². The molecule has 0 aromatic heterocycles. The summed E-state index contributed by atoms with van der Waals surface area (Å²) in [5.74, 6) is 0. The Hall–Kier alpha value is -1.10. The predicted molar refractivity (Wildman–Crippen MR) is 68.1 cm³/mol. The molecule has 4 heteroatoms. The maximum absolute atomic E-state index is 9.48. The van der Waals surface area contributed by atoms with Crippen LogP contribution in [0.3, 0.4) is 0 Å². The first kappa shape index (κ1) is 12.4. The second-order valence-corrected chi connectivity index (χ2v) is 4.71. The van der Waals surface area contributed by atoms with Crippen molar-refractivity contribution in [2.45, 2.75) is 25.5 Å². The van der Waals surface area contributed by atoms with Gasteiger partial charge in [0.15, 0.2) is 0 Å². The first-order valence-electron chi connectivity index (χ1n) is 6.04. The number of nitrogens with zero attached hydrogens (tertiary/aromatic N) is 1. The van der Waals surface area contributed by atoms with E-state index in [0.717, 1.165) is 24.2 Å². The van der Waals surface area contributed by atoms with Crippen LogP contribution in [-0.2, 0) is 6.42 Å². The molecule has 4 N–H and O–H groups in total. The van der Waals surface area contributed by atoms with E-state index < -0.39 is 6.10 Å². The van der Waals surface area contributed by atoms with E-state index in [1.807, 2.05) is 13.0 Å². The fourth-order valence-corrected chi connectivity index (χ4v) is 2.28. The molecular formula is C13H20N2O2. The summed E-state index contributed by atoms with van der Waals surface area (Å²) in [6.07, 6.45) is 0.308. The van der Waals surface area contributed by atoms with Gasteiger partial charge in [-0.3, -0.25) is 0 Å². The van der Waals surface area contributed by atoms with Crippen LogP contribution in [0.5, 0.6) is 0 Å². The Kier molecular flexibility index (Phi) is 3.66. The zero-order valence-corrected chi connectivity index (χ0v) is 10.1. The van der Waals surface area contributed by atoms with Crippen molar-refractivity contribution < 1.29 is 10.2 Å². The molecule has 0 radical (unpaired) electrons. The topological polar surface area (TPSA) is 69.7 Å². The third-order valence-electron chi connectivity index (χ3n) is 3.26. The van der Waals surface area contributed by atoms with Gasteiger partial charge in [-0.2, -0.15) is 0 Å². The standard InChI is InChI=1S/C13H20N2O2/c1-9(14)10-2-3-13-11(6-10)4-5-15(13)7-12(17)8-16/h2-3,6,9,12,16-17H,4-5,7-8,14H2,1H3. The quantitative estimate of drug-likeness (QED) is 0.708. The molecule has 94 valence electrons. The van der Waals surface area contributed by atoms with Crippen LogP contribution in [-0.4, -0.2) is 36.0 Å². The summed E-state index contributed by atoms with van der Waals surface area (Å²) in [6.45, 7) is 3.17. The van der Waals surface area contributed by atoms with Crippen LogP contribution >= 0.6 is 0 Å². The molecule has 0 spiro atoms. The molecule has 0 saturated carbocycles. The van der Waals surface area contributed by atoms with Gasteiger partial charge in [0, 0.05) is 24.8 Å². The fraction of sp³-hybridized carbons (Fsp3) is 0.538. The summed E-state index contributed by atoms with van der Waals surface area (Å²) in [7, 11) is 0. The van der Waals surface area contributed by atoms with Gasteiger partial charge in [-0.05, 0) is 30.5 Å². The van der Waals surface area contributed by atoms with E-state index >= 15 is 0 Å². The van der Waals surface area contributed by atoms with E-state index in [9.17, 15) is 5.11 Å². The van der Waals surface area contributed by atoms with Crippen molar-refractivity contribution >= 4 is 5.69 Å². The van der Waals surface area contributed by atoms with Crippen molar-refractivity contribution in [2.75, 3.05) is 24.6 Å². The molecule has 1 aliphatic heterocycles. The maximum Gasteiger partial charge on any atom is 0.0945 e. The van der Waals surface area contributed by atoms with E-state index in [1.165, 1.54) is 5.56 Å². The molecule has 1 aliphatic rings. The Morgan fingerprint density at radius 2 is 2.24 bits per heavy atom. The highest BCUT2D eigenvalue weighted by Gasteiger charge is 2.21. The smallest absolute Gasteiger partial charge is 0.0945 e. The minimum Gasteiger partial charge on any atom is -0.394 e. The number of aliphatic hydroxyl groups excluding tert-OH is 2. The maximum atomic E-state index is 9.48. The van der Waals surface area contributed by atoms with Crippen molar-refractivity contribution in [3.8, 4) is 0 Å². The Labute approximate surface area is 102 Å². The number of anilines is 1. The molecule has 4 nitrogen and oxygen atoms in total. The summed E-state index contributed by atoms with van der Waals surface area (Å²) >= 11 is 0. The monoisotopic (exact) mass is 236 g/mol. The second kappa shape index (κ2) is 5.04. The van der Waals surface area contributed by atoms with Gasteiger partial charge < -0.3 is 20.8 Å². The fourth-order valence-electron chi connectivity index (χ4n) is 2.28. The molecule has 0 fully saturated rings. The Morgan fingerprint density at radius 3 is 2.88 bits per heavy atom. The SMILES string of the molecule is CC(N)c1ccc2c(c1)CCN2CC(O)CO. The molecule has 1 aromatic rings. The number of nitrogens with two attached hydrogens (primary N) is 1. The molecule has 0 aliphatic carbocycles. The number of hydrogen-bond acceptors (Lipinski definition) is 4. The zero-order valence-electron chi connectivity index (χ0n) is 10.1. The van der Waals surface area contributed by atoms with Gasteiger partial charge >= 0.3 is 0 Å². The highest BCUT2D eigenvalue weighted by Crippen LogP contribution is 2.30. The van der Waals surface area contributed by atoms with E-state index in [4.69, 9.17) is 10.8 Å². The lowest BCUT2D eigenvalue weighted by atomic mass is 10.0. The molecule has 0 bridgehead atoms. The number of β-amino-alcohol motifs (C(OH)–C–C–N with tert-alkyl or cyclic N) is 1. The van der Waals surface area contributed by atoms with E-state index in [0.29, 0.717) is 6.54 Å². The van der Waals surface area contributed by atoms with Gasteiger partial charge in [-0.25, -0.2) is 0 Å². The number of aliphatic hydroxyl groups is 2. The average Bonchev–Trinajstić information content (AvgIpc) is 2.71. The zero-order chi connectivity index (χ0) is 12.4. The molecule has 2 atom stereocenters. The normalized spacial score (nSPS) is 18.0. The van der Waals surface area contributed by atoms with Crippen LogP contribution in [0.4, 0.5) is 5.69 Å². The molecule has 2 rings (SSSR count). The van der Waals surface area contributed by atoms with Crippen molar-refractivity contribution in [3.63, 3.8) is 0 Å².